The standard InChI is InChI=1S/C22H28N2.Ir/c1-5-8-17(4)19-11-12-22(20(13-19)15-23)24-21-10-7-9-18(14-21)16(3)6-2;/h7,9,11-17,24H,5-6,8H2,1-4H3;/q-2;. The zero-order chi connectivity index (χ0) is 17.5. The van der Waals surface area contributed by atoms with Gasteiger partial charge in [-0.3, -0.25) is 0 Å². The normalized spacial score (nSPS) is 12.8. The first-order valence-corrected chi connectivity index (χ1v) is 8.99. The number of nitrogens with zero attached hydrogens (tertiary/aromatic N) is 1. The van der Waals surface area contributed by atoms with Gasteiger partial charge in [-0.1, -0.05) is 58.4 Å². The van der Waals surface area contributed by atoms with Crippen molar-refractivity contribution in [3.05, 3.63) is 64.6 Å². The molecule has 25 heavy (non-hydrogen) atoms. The molecular weight excluding hydrogens is 484 g/mol. The molecule has 0 aliphatic rings. The van der Waals surface area contributed by atoms with E-state index >= 15 is 0 Å². The molecule has 0 heterocycles. The number of anilines is 2. The van der Waals surface area contributed by atoms with E-state index in [9.17, 15) is 5.41 Å². The second-order valence-electron chi connectivity index (χ2n) is 6.64. The predicted molar refractivity (Wildman–Crippen MR) is 106 cm³/mol. The molecule has 0 saturated heterocycles. The number of hydrogen-bond acceptors (Lipinski definition) is 1. The summed E-state index contributed by atoms with van der Waals surface area (Å²) in [5.74, 6) is 1.03. The van der Waals surface area contributed by atoms with Gasteiger partial charge in [0.15, 0.2) is 0 Å². The van der Waals surface area contributed by atoms with E-state index in [0.29, 0.717) is 11.8 Å². The maximum absolute atomic E-state index is 9.64. The van der Waals surface area contributed by atoms with Crippen molar-refractivity contribution in [3.63, 3.8) is 0 Å². The van der Waals surface area contributed by atoms with E-state index in [-0.39, 0.29) is 20.1 Å². The Hall–Kier alpha value is -1.44. The second-order valence-corrected chi connectivity index (χ2v) is 6.64. The SMILES string of the molecule is CCCC(C)c1ccc(Nc2[c-]ccc(C(C)CC)c2)c(C=[N-])c1.[Ir]. The Morgan fingerprint density at radius 1 is 1.08 bits per heavy atom. The molecule has 2 unspecified atom stereocenters. The first-order valence-electron chi connectivity index (χ1n) is 8.99. The third-order valence-electron chi connectivity index (χ3n) is 4.78. The van der Waals surface area contributed by atoms with Crippen molar-refractivity contribution in [2.45, 2.75) is 58.8 Å². The quantitative estimate of drug-likeness (QED) is 0.313. The molecule has 2 rings (SSSR count). The fraction of sp³-hybridized carbons (Fsp3) is 0.409. The zero-order valence-electron chi connectivity index (χ0n) is 15.6. The Morgan fingerprint density at radius 3 is 2.44 bits per heavy atom. The minimum absolute atomic E-state index is 0. The minimum Gasteiger partial charge on any atom is -0.810 e. The number of hydrogen-bond donors (Lipinski definition) is 1. The van der Waals surface area contributed by atoms with Crippen molar-refractivity contribution in [1.29, 1.82) is 0 Å². The molecular formula is C22H28IrN2-2. The van der Waals surface area contributed by atoms with Crippen LogP contribution in [0.25, 0.3) is 5.41 Å². The summed E-state index contributed by atoms with van der Waals surface area (Å²) in [6, 6.07) is 15.7. The van der Waals surface area contributed by atoms with Crippen LogP contribution in [0.4, 0.5) is 11.4 Å². The molecule has 137 valence electrons. The van der Waals surface area contributed by atoms with Gasteiger partial charge in [0.1, 0.15) is 0 Å². The van der Waals surface area contributed by atoms with Crippen molar-refractivity contribution in [2.24, 2.45) is 0 Å². The molecule has 2 nitrogen and oxygen atoms in total. The second kappa shape index (κ2) is 10.5. The third-order valence-corrected chi connectivity index (χ3v) is 4.78. The zero-order valence-corrected chi connectivity index (χ0v) is 18.0. The molecule has 1 radical (unpaired) electrons. The molecule has 0 amide bonds. The summed E-state index contributed by atoms with van der Waals surface area (Å²) in [5, 5.41) is 13.0. The van der Waals surface area contributed by atoms with E-state index in [4.69, 9.17) is 0 Å². The van der Waals surface area contributed by atoms with E-state index in [1.54, 1.807) is 0 Å². The summed E-state index contributed by atoms with van der Waals surface area (Å²) in [6.45, 7) is 8.86. The van der Waals surface area contributed by atoms with Gasteiger partial charge in [0.25, 0.3) is 0 Å². The smallest absolute Gasteiger partial charge is 0.0421 e. The Labute approximate surface area is 166 Å². The molecule has 2 aromatic carbocycles. The van der Waals surface area contributed by atoms with Gasteiger partial charge in [0.05, 0.1) is 0 Å². The van der Waals surface area contributed by atoms with Crippen LogP contribution in [0.15, 0.2) is 36.4 Å². The van der Waals surface area contributed by atoms with Gasteiger partial charge in [0.2, 0.25) is 0 Å². The van der Waals surface area contributed by atoms with Gasteiger partial charge in [0, 0.05) is 25.8 Å². The summed E-state index contributed by atoms with van der Waals surface area (Å²) >= 11 is 0. The van der Waals surface area contributed by atoms with Crippen molar-refractivity contribution >= 4 is 17.6 Å². The Balaban J connectivity index is 0.00000312. The fourth-order valence-corrected chi connectivity index (χ4v) is 2.95. The van der Waals surface area contributed by atoms with Gasteiger partial charge >= 0.3 is 0 Å². The van der Waals surface area contributed by atoms with E-state index in [0.717, 1.165) is 36.2 Å². The van der Waals surface area contributed by atoms with Crippen LogP contribution in [-0.4, -0.2) is 6.21 Å². The summed E-state index contributed by atoms with van der Waals surface area (Å²) in [4.78, 5) is 0. The molecule has 1 N–H and O–H groups in total. The molecule has 3 heteroatoms. The largest absolute Gasteiger partial charge is 0.810 e. The van der Waals surface area contributed by atoms with Crippen molar-refractivity contribution in [1.82, 2.24) is 0 Å². The molecule has 0 aliphatic heterocycles. The van der Waals surface area contributed by atoms with Crippen molar-refractivity contribution in [2.75, 3.05) is 5.32 Å². The summed E-state index contributed by atoms with van der Waals surface area (Å²) in [7, 11) is 0. The van der Waals surface area contributed by atoms with Crippen LogP contribution in [0, 0.1) is 6.07 Å². The molecule has 0 bridgehead atoms. The topological polar surface area (TPSA) is 34.3 Å². The molecule has 0 saturated carbocycles. The van der Waals surface area contributed by atoms with Crippen LogP contribution >= 0.6 is 0 Å². The monoisotopic (exact) mass is 513 g/mol. The van der Waals surface area contributed by atoms with Gasteiger partial charge in [-0.25, -0.2) is 0 Å². The Kier molecular flexibility index (Phi) is 9.10. The summed E-state index contributed by atoms with van der Waals surface area (Å²) < 4.78 is 0. The summed E-state index contributed by atoms with van der Waals surface area (Å²) in [6.07, 6.45) is 4.62. The fourth-order valence-electron chi connectivity index (χ4n) is 2.95. The Morgan fingerprint density at radius 2 is 1.80 bits per heavy atom. The number of nitrogens with one attached hydrogen (secondary N) is 1. The summed E-state index contributed by atoms with van der Waals surface area (Å²) in [5.41, 5.74) is 5.23. The molecule has 0 aliphatic carbocycles. The maximum Gasteiger partial charge on any atom is 0.0421 e. The van der Waals surface area contributed by atoms with Gasteiger partial charge in [-0.15, -0.1) is 6.07 Å². The molecule has 0 aromatic heterocycles. The number of benzene rings is 2. The van der Waals surface area contributed by atoms with Crippen LogP contribution in [0.5, 0.6) is 0 Å². The first kappa shape index (κ1) is 21.6. The average Bonchev–Trinajstić information content (AvgIpc) is 2.61. The molecule has 2 aromatic rings. The van der Waals surface area contributed by atoms with E-state index in [1.807, 2.05) is 12.1 Å². The van der Waals surface area contributed by atoms with Gasteiger partial charge in [-0.05, 0) is 35.4 Å². The minimum atomic E-state index is 0. The molecule has 0 spiro atoms. The van der Waals surface area contributed by atoms with Crippen LogP contribution in [0.2, 0.25) is 0 Å². The third kappa shape index (κ3) is 5.80. The van der Waals surface area contributed by atoms with Crippen LogP contribution in [0.3, 0.4) is 0 Å². The Bertz CT molecular complexity index is 681. The van der Waals surface area contributed by atoms with E-state index in [1.165, 1.54) is 17.3 Å². The van der Waals surface area contributed by atoms with Crippen LogP contribution in [-0.2, 0) is 20.1 Å². The molecule has 2 atom stereocenters. The van der Waals surface area contributed by atoms with Crippen molar-refractivity contribution < 1.29 is 20.1 Å². The van der Waals surface area contributed by atoms with Crippen molar-refractivity contribution in [3.8, 4) is 0 Å². The first-order chi connectivity index (χ1) is 11.6. The van der Waals surface area contributed by atoms with E-state index < -0.39 is 0 Å². The molecule has 0 fully saturated rings. The van der Waals surface area contributed by atoms with E-state index in [2.05, 4.69) is 63.3 Å². The van der Waals surface area contributed by atoms with Gasteiger partial charge < -0.3 is 10.7 Å². The maximum atomic E-state index is 9.64. The van der Waals surface area contributed by atoms with Gasteiger partial charge in [-0.2, -0.15) is 30.0 Å². The van der Waals surface area contributed by atoms with Crippen LogP contribution in [0.1, 0.15) is 75.5 Å². The predicted octanol–water partition coefficient (Wildman–Crippen LogP) is 6.63. The van der Waals surface area contributed by atoms with Crippen LogP contribution < -0.4 is 5.32 Å². The number of rotatable bonds is 8. The average molecular weight is 513 g/mol.